The Labute approximate surface area is 116 Å². The molecule has 2 N–H and O–H groups in total. The zero-order valence-corrected chi connectivity index (χ0v) is 12.0. The van der Waals surface area contributed by atoms with E-state index in [-0.39, 0.29) is 5.54 Å². The monoisotopic (exact) mass is 265 g/mol. The Hall–Kier alpha value is -0.120. The van der Waals surface area contributed by atoms with Gasteiger partial charge in [-0.15, -0.1) is 0 Å². The molecule has 2 aliphatic carbocycles. The fourth-order valence-corrected chi connectivity index (χ4v) is 6.40. The first-order chi connectivity index (χ1) is 9.14. The first kappa shape index (κ1) is 12.6. The summed E-state index contributed by atoms with van der Waals surface area (Å²) >= 11 is 0. The van der Waals surface area contributed by atoms with Crippen LogP contribution in [-0.4, -0.2) is 45.9 Å². The summed E-state index contributed by atoms with van der Waals surface area (Å²) in [6.45, 7) is 4.78. The van der Waals surface area contributed by atoms with E-state index in [9.17, 15) is 10.2 Å². The Morgan fingerprint density at radius 3 is 2.42 bits per heavy atom. The lowest BCUT2D eigenvalue weighted by Gasteiger charge is -2.68. The van der Waals surface area contributed by atoms with Gasteiger partial charge in [0.2, 0.25) is 0 Å². The minimum absolute atomic E-state index is 0.234. The smallest absolute Gasteiger partial charge is 0.0847 e. The average molecular weight is 265 g/mol. The van der Waals surface area contributed by atoms with Crippen molar-refractivity contribution < 1.29 is 10.2 Å². The van der Waals surface area contributed by atoms with E-state index in [0.717, 1.165) is 12.8 Å². The Morgan fingerprint density at radius 2 is 1.68 bits per heavy atom. The van der Waals surface area contributed by atoms with Gasteiger partial charge in [0, 0.05) is 11.5 Å². The number of nitrogens with zero attached hydrogens (tertiary/aromatic N) is 1. The van der Waals surface area contributed by atoms with Gasteiger partial charge < -0.3 is 10.2 Å². The molecule has 7 atom stereocenters. The number of aliphatic hydroxyl groups is 2. The molecule has 3 nitrogen and oxygen atoms in total. The van der Waals surface area contributed by atoms with Gasteiger partial charge in [0.25, 0.3) is 0 Å². The molecule has 1 spiro atoms. The number of hydrogen-bond acceptors (Lipinski definition) is 3. The topological polar surface area (TPSA) is 43.7 Å². The fourth-order valence-electron chi connectivity index (χ4n) is 6.40. The van der Waals surface area contributed by atoms with Crippen molar-refractivity contribution in [2.45, 2.75) is 63.2 Å². The van der Waals surface area contributed by atoms with Crippen molar-refractivity contribution in [3.8, 4) is 0 Å². The maximum atomic E-state index is 10.6. The van der Waals surface area contributed by atoms with Crippen molar-refractivity contribution in [2.75, 3.05) is 13.1 Å². The van der Waals surface area contributed by atoms with Gasteiger partial charge in [0.05, 0.1) is 12.2 Å². The molecule has 0 radical (unpaired) electrons. The average Bonchev–Trinajstić information content (AvgIpc) is 2.40. The predicted molar refractivity (Wildman–Crippen MR) is 73.7 cm³/mol. The first-order valence-electron chi connectivity index (χ1n) is 8.26. The molecule has 0 aromatic heterocycles. The van der Waals surface area contributed by atoms with Gasteiger partial charge in [-0.05, 0) is 69.4 Å². The van der Waals surface area contributed by atoms with Crippen molar-refractivity contribution in [2.24, 2.45) is 23.7 Å². The molecular weight excluding hydrogens is 238 g/mol. The normalized spacial score (nSPS) is 57.6. The summed E-state index contributed by atoms with van der Waals surface area (Å²) in [6, 6.07) is 0. The number of aliphatic hydroxyl groups excluding tert-OH is 2. The van der Waals surface area contributed by atoms with Crippen LogP contribution in [0.2, 0.25) is 0 Å². The van der Waals surface area contributed by atoms with Crippen LogP contribution in [0.5, 0.6) is 0 Å². The van der Waals surface area contributed by atoms with Gasteiger partial charge in [0.15, 0.2) is 0 Å². The van der Waals surface area contributed by atoms with Crippen LogP contribution in [0.1, 0.15) is 45.4 Å². The van der Waals surface area contributed by atoms with E-state index in [0.29, 0.717) is 23.7 Å². The SMILES string of the molecule is C[C@@H]1C[C@@H]2[C@H](O)[C@@H](O)[C@H]3CCCN4CCC[C@@H]2[C@@]34C1. The summed E-state index contributed by atoms with van der Waals surface area (Å²) in [4.78, 5) is 2.72. The highest BCUT2D eigenvalue weighted by Crippen LogP contribution is 2.60. The van der Waals surface area contributed by atoms with Gasteiger partial charge in [-0.2, -0.15) is 0 Å². The molecule has 0 aromatic carbocycles. The van der Waals surface area contributed by atoms with E-state index in [4.69, 9.17) is 0 Å². The third-order valence-corrected chi connectivity index (χ3v) is 6.83. The van der Waals surface area contributed by atoms with E-state index >= 15 is 0 Å². The molecule has 2 saturated heterocycles. The molecule has 3 heteroatoms. The summed E-state index contributed by atoms with van der Waals surface area (Å²) in [5.41, 5.74) is 0.234. The number of piperidine rings is 2. The quantitative estimate of drug-likeness (QED) is 0.699. The zero-order valence-electron chi connectivity index (χ0n) is 12.0. The second-order valence-corrected chi connectivity index (χ2v) is 7.67. The minimum atomic E-state index is -0.477. The van der Waals surface area contributed by atoms with Crippen molar-refractivity contribution in [3.63, 3.8) is 0 Å². The molecule has 4 rings (SSSR count). The van der Waals surface area contributed by atoms with Gasteiger partial charge in [-0.25, -0.2) is 0 Å². The van der Waals surface area contributed by atoms with Crippen LogP contribution in [0, 0.1) is 23.7 Å². The van der Waals surface area contributed by atoms with E-state index in [1.165, 1.54) is 38.8 Å². The van der Waals surface area contributed by atoms with Crippen LogP contribution in [0.4, 0.5) is 0 Å². The lowest BCUT2D eigenvalue weighted by Crippen LogP contribution is -2.75. The van der Waals surface area contributed by atoms with Crippen LogP contribution in [0.25, 0.3) is 0 Å². The first-order valence-corrected chi connectivity index (χ1v) is 8.26. The summed E-state index contributed by atoms with van der Waals surface area (Å²) in [6.07, 6.45) is 6.29. The highest BCUT2D eigenvalue weighted by atomic mass is 16.3. The molecule has 2 saturated carbocycles. The van der Waals surface area contributed by atoms with Gasteiger partial charge in [0.1, 0.15) is 0 Å². The zero-order chi connectivity index (χ0) is 13.2. The minimum Gasteiger partial charge on any atom is -0.390 e. The van der Waals surface area contributed by atoms with Crippen LogP contribution >= 0.6 is 0 Å². The van der Waals surface area contributed by atoms with Crippen molar-refractivity contribution >= 4 is 0 Å². The molecule has 0 amide bonds. The third kappa shape index (κ3) is 1.50. The van der Waals surface area contributed by atoms with Crippen molar-refractivity contribution in [1.29, 1.82) is 0 Å². The molecule has 2 aliphatic heterocycles. The van der Waals surface area contributed by atoms with Crippen molar-refractivity contribution in [1.82, 2.24) is 4.90 Å². The summed E-state index contributed by atoms with van der Waals surface area (Å²) in [7, 11) is 0. The van der Waals surface area contributed by atoms with Gasteiger partial charge in [-0.3, -0.25) is 4.90 Å². The van der Waals surface area contributed by atoms with Crippen LogP contribution in [-0.2, 0) is 0 Å². The lowest BCUT2D eigenvalue weighted by atomic mass is 9.47. The van der Waals surface area contributed by atoms with Crippen LogP contribution < -0.4 is 0 Å². The second-order valence-electron chi connectivity index (χ2n) is 7.67. The van der Waals surface area contributed by atoms with Crippen LogP contribution in [0.15, 0.2) is 0 Å². The summed E-state index contributed by atoms with van der Waals surface area (Å²) in [5.74, 6) is 2.00. The van der Waals surface area contributed by atoms with Gasteiger partial charge in [-0.1, -0.05) is 6.92 Å². The summed E-state index contributed by atoms with van der Waals surface area (Å²) in [5, 5.41) is 21.2. The van der Waals surface area contributed by atoms with Gasteiger partial charge >= 0.3 is 0 Å². The molecule has 2 heterocycles. The Bertz CT molecular complexity index is 360. The van der Waals surface area contributed by atoms with Crippen LogP contribution in [0.3, 0.4) is 0 Å². The van der Waals surface area contributed by atoms with E-state index in [1.54, 1.807) is 0 Å². The van der Waals surface area contributed by atoms with E-state index in [1.807, 2.05) is 0 Å². The molecular formula is C16H27NO2. The maximum absolute atomic E-state index is 10.6. The number of rotatable bonds is 0. The Balaban J connectivity index is 1.82. The second kappa shape index (κ2) is 4.19. The molecule has 108 valence electrons. The lowest BCUT2D eigenvalue weighted by molar-refractivity contribution is -0.234. The Morgan fingerprint density at radius 1 is 1.00 bits per heavy atom. The molecule has 19 heavy (non-hydrogen) atoms. The molecule has 4 fully saturated rings. The molecule has 0 unspecified atom stereocenters. The van der Waals surface area contributed by atoms with Crippen molar-refractivity contribution in [3.05, 3.63) is 0 Å². The highest BCUT2D eigenvalue weighted by molar-refractivity contribution is 5.17. The maximum Gasteiger partial charge on any atom is 0.0847 e. The Kier molecular flexibility index (Phi) is 2.78. The molecule has 4 aliphatic rings. The highest BCUT2D eigenvalue weighted by Gasteiger charge is 2.64. The summed E-state index contributed by atoms with van der Waals surface area (Å²) < 4.78 is 0. The predicted octanol–water partition coefficient (Wildman–Crippen LogP) is 1.63. The molecule has 2 bridgehead atoms. The standard InChI is InChI=1S/C16H27NO2/c1-10-8-11-12-4-2-6-17-7-3-5-13(15(19)14(11)18)16(12,17)9-10/h10-15,18-19H,2-9H2,1H3/t10-,11+,12+,13-,14+,15+,16+/m1/s1. The molecule has 0 aromatic rings. The van der Waals surface area contributed by atoms with E-state index < -0.39 is 12.2 Å². The van der Waals surface area contributed by atoms with E-state index in [2.05, 4.69) is 11.8 Å². The fraction of sp³-hybridized carbons (Fsp3) is 1.00. The number of hydrogen-bond donors (Lipinski definition) is 2. The largest absolute Gasteiger partial charge is 0.390 e. The third-order valence-electron chi connectivity index (χ3n) is 6.83.